The zero-order valence-corrected chi connectivity index (χ0v) is 19.7. The summed E-state index contributed by atoms with van der Waals surface area (Å²) in [7, 11) is 0. The van der Waals surface area contributed by atoms with Crippen LogP contribution in [0.3, 0.4) is 0 Å². The highest BCUT2D eigenvalue weighted by atomic mass is 16.6. The van der Waals surface area contributed by atoms with Crippen LogP contribution < -0.4 is 10.6 Å². The first-order valence-corrected chi connectivity index (χ1v) is 10.5. The molecular formula is C24H35N3O4. The number of nitrogens with one attached hydrogen (secondary N) is 2. The number of carbonyl (C=O) groups excluding carboxylic acids is 3. The van der Waals surface area contributed by atoms with E-state index < -0.39 is 30.2 Å². The lowest BCUT2D eigenvalue weighted by molar-refractivity contribution is -0.136. The van der Waals surface area contributed by atoms with Crippen LogP contribution in [0.25, 0.3) is 0 Å². The second-order valence-electron chi connectivity index (χ2n) is 8.65. The van der Waals surface area contributed by atoms with Crippen LogP contribution in [-0.4, -0.2) is 41.0 Å². The van der Waals surface area contributed by atoms with Crippen LogP contribution in [0.1, 0.15) is 70.2 Å². The molecule has 7 heteroatoms. The van der Waals surface area contributed by atoms with E-state index in [1.807, 2.05) is 45.9 Å². The van der Waals surface area contributed by atoms with Gasteiger partial charge in [0.25, 0.3) is 5.91 Å². The number of hydrogen-bond acceptors (Lipinski definition) is 4. The molecule has 1 rings (SSSR count). The molecule has 0 aliphatic rings. The highest BCUT2D eigenvalue weighted by Gasteiger charge is 2.33. The SMILES string of the molecule is C#CN(C(=O)CNC(=O)OC(C)(C)C)C(C(=O)NC(C)CCC)c1c(C)cccc1C. The first-order valence-electron chi connectivity index (χ1n) is 10.5. The van der Waals surface area contributed by atoms with Crippen molar-refractivity contribution in [2.24, 2.45) is 0 Å². The molecular weight excluding hydrogens is 394 g/mol. The molecule has 1 aromatic carbocycles. The Hall–Kier alpha value is -3.01. The van der Waals surface area contributed by atoms with Crippen LogP contribution in [0.5, 0.6) is 0 Å². The van der Waals surface area contributed by atoms with Crippen molar-refractivity contribution < 1.29 is 19.1 Å². The largest absolute Gasteiger partial charge is 0.444 e. The molecule has 0 heterocycles. The van der Waals surface area contributed by atoms with Gasteiger partial charge in [0.15, 0.2) is 0 Å². The topological polar surface area (TPSA) is 87.7 Å². The first-order chi connectivity index (χ1) is 14.4. The summed E-state index contributed by atoms with van der Waals surface area (Å²) < 4.78 is 5.16. The molecule has 0 saturated heterocycles. The fourth-order valence-electron chi connectivity index (χ4n) is 3.30. The standard InChI is InChI=1S/C24H35N3O4/c1-9-12-18(5)26-22(29)21(20-16(3)13-11-14-17(20)4)27(10-2)19(28)15-25-23(30)31-24(6,7)8/h2,11,13-14,18,21H,9,12,15H2,1,3-8H3,(H,25,30)(H,26,29). The third-order valence-corrected chi connectivity index (χ3v) is 4.62. The molecule has 0 aliphatic carbocycles. The van der Waals surface area contributed by atoms with Crippen LogP contribution in [0.2, 0.25) is 0 Å². The van der Waals surface area contributed by atoms with Crippen LogP contribution in [0.4, 0.5) is 4.79 Å². The molecule has 1 aromatic rings. The number of hydrogen-bond donors (Lipinski definition) is 2. The Labute approximate surface area is 185 Å². The predicted molar refractivity (Wildman–Crippen MR) is 121 cm³/mol. The molecule has 0 aromatic heterocycles. The number of terminal acetylenes is 1. The van der Waals surface area contributed by atoms with Gasteiger partial charge in [-0.1, -0.05) is 38.0 Å². The van der Waals surface area contributed by atoms with Crippen molar-refractivity contribution >= 4 is 17.9 Å². The molecule has 0 bridgehead atoms. The zero-order valence-electron chi connectivity index (χ0n) is 19.7. The summed E-state index contributed by atoms with van der Waals surface area (Å²) >= 11 is 0. The van der Waals surface area contributed by atoms with Gasteiger partial charge in [-0.2, -0.15) is 0 Å². The zero-order chi connectivity index (χ0) is 23.8. The van der Waals surface area contributed by atoms with Gasteiger partial charge in [-0.15, -0.1) is 0 Å². The summed E-state index contributed by atoms with van der Waals surface area (Å²) in [5.41, 5.74) is 1.66. The summed E-state index contributed by atoms with van der Waals surface area (Å²) in [5.74, 6) is -0.943. The molecule has 0 radical (unpaired) electrons. The van der Waals surface area contributed by atoms with Crippen LogP contribution in [0, 0.1) is 26.3 Å². The van der Waals surface area contributed by atoms with Gasteiger partial charge in [0.05, 0.1) is 0 Å². The Morgan fingerprint density at radius 2 is 1.77 bits per heavy atom. The summed E-state index contributed by atoms with van der Waals surface area (Å²) in [6.45, 7) is 12.5. The second-order valence-corrected chi connectivity index (χ2v) is 8.65. The lowest BCUT2D eigenvalue weighted by Crippen LogP contribution is -2.47. The fraction of sp³-hybridized carbons (Fsp3) is 0.542. The molecule has 2 atom stereocenters. The van der Waals surface area contributed by atoms with Crippen LogP contribution in [-0.2, 0) is 14.3 Å². The maximum atomic E-state index is 13.3. The smallest absolute Gasteiger partial charge is 0.408 e. The van der Waals surface area contributed by atoms with Gasteiger partial charge in [0.1, 0.15) is 18.2 Å². The number of alkyl carbamates (subject to hydrolysis) is 1. The van der Waals surface area contributed by atoms with Gasteiger partial charge in [-0.25, -0.2) is 4.79 Å². The maximum absolute atomic E-state index is 13.3. The average Bonchev–Trinajstić information content (AvgIpc) is 2.64. The number of amides is 3. The third kappa shape index (κ3) is 7.97. The van der Waals surface area contributed by atoms with Gasteiger partial charge in [0.2, 0.25) is 5.91 Å². The van der Waals surface area contributed by atoms with E-state index in [9.17, 15) is 14.4 Å². The van der Waals surface area contributed by atoms with Crippen molar-refractivity contribution in [1.29, 1.82) is 0 Å². The predicted octanol–water partition coefficient (Wildman–Crippen LogP) is 3.59. The van der Waals surface area contributed by atoms with E-state index in [0.29, 0.717) is 5.56 Å². The monoisotopic (exact) mass is 429 g/mol. The van der Waals surface area contributed by atoms with Crippen molar-refractivity contribution in [3.8, 4) is 12.5 Å². The number of benzene rings is 1. The number of nitrogens with zero attached hydrogens (tertiary/aromatic N) is 1. The minimum absolute atomic E-state index is 0.0704. The van der Waals surface area contributed by atoms with E-state index in [2.05, 4.69) is 16.7 Å². The normalized spacial score (nSPS) is 12.8. The fourth-order valence-corrected chi connectivity index (χ4v) is 3.30. The van der Waals surface area contributed by atoms with Gasteiger partial charge >= 0.3 is 6.09 Å². The summed E-state index contributed by atoms with van der Waals surface area (Å²) in [5, 5.41) is 5.37. The van der Waals surface area contributed by atoms with E-state index in [-0.39, 0.29) is 11.9 Å². The molecule has 3 amide bonds. The Bertz CT molecular complexity index is 816. The van der Waals surface area contributed by atoms with Gasteiger partial charge in [0, 0.05) is 12.1 Å². The highest BCUT2D eigenvalue weighted by molar-refractivity contribution is 5.92. The Morgan fingerprint density at radius 3 is 2.26 bits per heavy atom. The summed E-state index contributed by atoms with van der Waals surface area (Å²) in [4.78, 5) is 39.2. The van der Waals surface area contributed by atoms with Gasteiger partial charge < -0.3 is 15.4 Å². The Balaban J connectivity index is 3.20. The number of carbonyl (C=O) groups is 3. The van der Waals surface area contributed by atoms with Gasteiger partial charge in [-0.3, -0.25) is 14.5 Å². The van der Waals surface area contributed by atoms with E-state index >= 15 is 0 Å². The van der Waals surface area contributed by atoms with Gasteiger partial charge in [-0.05, 0) is 64.7 Å². The quantitative estimate of drug-likeness (QED) is 0.488. The van der Waals surface area contributed by atoms with Crippen molar-refractivity contribution in [3.05, 3.63) is 34.9 Å². The molecule has 170 valence electrons. The number of rotatable bonds is 8. The summed E-state index contributed by atoms with van der Waals surface area (Å²) in [6.07, 6.45) is 6.66. The molecule has 31 heavy (non-hydrogen) atoms. The van der Waals surface area contributed by atoms with Crippen molar-refractivity contribution in [3.63, 3.8) is 0 Å². The van der Waals surface area contributed by atoms with E-state index in [4.69, 9.17) is 11.2 Å². The van der Waals surface area contributed by atoms with Crippen molar-refractivity contribution in [2.45, 2.75) is 79.0 Å². The lowest BCUT2D eigenvalue weighted by atomic mass is 9.94. The molecule has 7 nitrogen and oxygen atoms in total. The molecule has 0 aliphatic heterocycles. The number of ether oxygens (including phenoxy) is 1. The van der Waals surface area contributed by atoms with Crippen LogP contribution >= 0.6 is 0 Å². The number of aryl methyl sites for hydroxylation is 2. The minimum atomic E-state index is -1.02. The molecule has 2 N–H and O–H groups in total. The average molecular weight is 430 g/mol. The maximum Gasteiger partial charge on any atom is 0.408 e. The van der Waals surface area contributed by atoms with Crippen molar-refractivity contribution in [2.75, 3.05) is 6.54 Å². The highest BCUT2D eigenvalue weighted by Crippen LogP contribution is 2.27. The van der Waals surface area contributed by atoms with E-state index in [1.54, 1.807) is 20.8 Å². The second kappa shape index (κ2) is 11.4. The molecule has 0 fully saturated rings. The third-order valence-electron chi connectivity index (χ3n) is 4.62. The molecule has 0 saturated carbocycles. The van der Waals surface area contributed by atoms with Crippen molar-refractivity contribution in [1.82, 2.24) is 15.5 Å². The Kier molecular flexibility index (Phi) is 9.57. The minimum Gasteiger partial charge on any atom is -0.444 e. The lowest BCUT2D eigenvalue weighted by Gasteiger charge is -2.30. The van der Waals surface area contributed by atoms with Crippen LogP contribution in [0.15, 0.2) is 18.2 Å². The molecule has 2 unspecified atom stereocenters. The first kappa shape index (κ1) is 26.0. The Morgan fingerprint density at radius 1 is 1.19 bits per heavy atom. The van der Waals surface area contributed by atoms with E-state index in [1.165, 1.54) is 0 Å². The summed E-state index contributed by atoms with van der Waals surface area (Å²) in [6, 6.07) is 6.88. The van der Waals surface area contributed by atoms with E-state index in [0.717, 1.165) is 28.9 Å². The molecule has 0 spiro atoms.